The summed E-state index contributed by atoms with van der Waals surface area (Å²) in [6, 6.07) is 7.97. The van der Waals surface area contributed by atoms with Crippen molar-refractivity contribution in [1.82, 2.24) is 5.32 Å². The molecule has 1 aromatic carbocycles. The van der Waals surface area contributed by atoms with Crippen LogP contribution in [-0.2, 0) is 16.1 Å². The molecule has 1 atom stereocenters. The van der Waals surface area contributed by atoms with E-state index in [1.807, 2.05) is 30.3 Å². The summed E-state index contributed by atoms with van der Waals surface area (Å²) < 4.78 is 14.8. The molecule has 0 amide bonds. The van der Waals surface area contributed by atoms with Gasteiger partial charge in [-0.25, -0.2) is 4.39 Å². The summed E-state index contributed by atoms with van der Waals surface area (Å²) in [7, 11) is 0. The lowest BCUT2D eigenvalue weighted by molar-refractivity contribution is -0.146. The third kappa shape index (κ3) is 3.42. The van der Waals surface area contributed by atoms with Crippen molar-refractivity contribution >= 4 is 11.8 Å². The summed E-state index contributed by atoms with van der Waals surface area (Å²) in [5, 5.41) is 12.0. The molecule has 0 bridgehead atoms. The van der Waals surface area contributed by atoms with Gasteiger partial charge in [0.25, 0.3) is 0 Å². The van der Waals surface area contributed by atoms with E-state index in [1.165, 1.54) is 0 Å². The Morgan fingerprint density at radius 1 is 1.30 bits per heavy atom. The fourth-order valence-corrected chi connectivity index (χ4v) is 2.54. The van der Waals surface area contributed by atoms with Crippen LogP contribution < -0.4 is 5.32 Å². The number of carbonyl (C=O) groups is 2. The Balaban J connectivity index is 2.03. The van der Waals surface area contributed by atoms with Crippen molar-refractivity contribution < 1.29 is 19.1 Å². The van der Waals surface area contributed by atoms with Gasteiger partial charge in [0.2, 0.25) is 0 Å². The molecule has 0 aliphatic heterocycles. The maximum absolute atomic E-state index is 14.8. The van der Waals surface area contributed by atoms with Crippen molar-refractivity contribution in [3.05, 3.63) is 35.9 Å². The maximum Gasteiger partial charge on any atom is 0.324 e. The summed E-state index contributed by atoms with van der Waals surface area (Å²) >= 11 is 0. The zero-order chi connectivity index (χ0) is 14.6. The highest BCUT2D eigenvalue weighted by atomic mass is 19.1. The van der Waals surface area contributed by atoms with Gasteiger partial charge in [-0.1, -0.05) is 30.3 Å². The van der Waals surface area contributed by atoms with Crippen molar-refractivity contribution in [3.8, 4) is 0 Å². The van der Waals surface area contributed by atoms with E-state index < -0.39 is 17.7 Å². The number of hydrogen-bond acceptors (Lipinski definition) is 3. The first-order chi connectivity index (χ1) is 9.51. The van der Waals surface area contributed by atoms with Crippen LogP contribution in [0.25, 0.3) is 0 Å². The minimum atomic E-state index is -1.85. The second-order valence-corrected chi connectivity index (χ2v) is 5.21. The Morgan fingerprint density at radius 2 is 1.90 bits per heavy atom. The number of ketones is 1. The predicted octanol–water partition coefficient (Wildman–Crippen LogP) is 2.08. The first-order valence-corrected chi connectivity index (χ1v) is 6.72. The van der Waals surface area contributed by atoms with Crippen LogP contribution in [0.4, 0.5) is 4.39 Å². The van der Waals surface area contributed by atoms with Gasteiger partial charge in [0.15, 0.2) is 0 Å². The van der Waals surface area contributed by atoms with Gasteiger partial charge >= 0.3 is 5.97 Å². The van der Waals surface area contributed by atoms with E-state index in [2.05, 4.69) is 5.32 Å². The molecule has 108 valence electrons. The number of halogens is 1. The average Bonchev–Trinajstić information content (AvgIpc) is 2.43. The first-order valence-electron chi connectivity index (χ1n) is 6.72. The maximum atomic E-state index is 14.8. The highest BCUT2D eigenvalue weighted by Gasteiger charge is 2.45. The zero-order valence-electron chi connectivity index (χ0n) is 11.1. The Bertz CT molecular complexity index is 479. The van der Waals surface area contributed by atoms with Crippen LogP contribution in [0.5, 0.6) is 0 Å². The predicted molar refractivity (Wildman–Crippen MR) is 72.0 cm³/mol. The SMILES string of the molecule is O=C1CCC(F)(C(NCc2ccccc2)C(=O)O)CC1. The molecule has 0 heterocycles. The number of carboxylic acid groups (broad SMARTS) is 1. The molecule has 1 aromatic rings. The van der Waals surface area contributed by atoms with Crippen LogP contribution in [0.2, 0.25) is 0 Å². The van der Waals surface area contributed by atoms with Crippen LogP contribution in [-0.4, -0.2) is 28.6 Å². The lowest BCUT2D eigenvalue weighted by atomic mass is 9.80. The number of hydrogen-bond donors (Lipinski definition) is 2. The molecule has 4 nitrogen and oxygen atoms in total. The van der Waals surface area contributed by atoms with Crippen molar-refractivity contribution in [2.45, 2.75) is 43.9 Å². The smallest absolute Gasteiger partial charge is 0.324 e. The van der Waals surface area contributed by atoms with E-state index in [1.54, 1.807) is 0 Å². The summed E-state index contributed by atoms with van der Waals surface area (Å²) in [6.45, 7) is 0.289. The molecule has 2 rings (SSSR count). The molecular weight excluding hydrogens is 261 g/mol. The van der Waals surface area contributed by atoms with E-state index in [-0.39, 0.29) is 38.0 Å². The molecule has 1 fully saturated rings. The minimum Gasteiger partial charge on any atom is -0.480 e. The number of carboxylic acids is 1. The van der Waals surface area contributed by atoms with Crippen molar-refractivity contribution in [2.75, 3.05) is 0 Å². The second-order valence-electron chi connectivity index (χ2n) is 5.21. The molecule has 1 aliphatic rings. The summed E-state index contributed by atoms with van der Waals surface area (Å²) in [5.74, 6) is -1.21. The summed E-state index contributed by atoms with van der Waals surface area (Å²) in [5.41, 5.74) is -0.955. The Kier molecular flexibility index (Phi) is 4.49. The molecule has 0 saturated heterocycles. The topological polar surface area (TPSA) is 66.4 Å². The van der Waals surface area contributed by atoms with E-state index in [4.69, 9.17) is 0 Å². The zero-order valence-corrected chi connectivity index (χ0v) is 11.1. The van der Waals surface area contributed by atoms with Crippen LogP contribution in [0.3, 0.4) is 0 Å². The number of Topliss-reactive ketones (excluding diaryl/α,β-unsaturated/α-hetero) is 1. The van der Waals surface area contributed by atoms with Crippen LogP contribution in [0.1, 0.15) is 31.2 Å². The lowest BCUT2D eigenvalue weighted by Gasteiger charge is -2.34. The van der Waals surface area contributed by atoms with Gasteiger partial charge in [0, 0.05) is 19.4 Å². The molecule has 0 radical (unpaired) electrons. The number of benzene rings is 1. The van der Waals surface area contributed by atoms with Gasteiger partial charge in [-0.05, 0) is 18.4 Å². The summed E-state index contributed by atoms with van der Waals surface area (Å²) in [4.78, 5) is 22.5. The molecule has 0 aromatic heterocycles. The van der Waals surface area contributed by atoms with Gasteiger partial charge in [0.05, 0.1) is 0 Å². The van der Waals surface area contributed by atoms with Gasteiger partial charge in [-0.15, -0.1) is 0 Å². The third-order valence-electron chi connectivity index (χ3n) is 3.76. The van der Waals surface area contributed by atoms with E-state index >= 15 is 0 Å². The highest BCUT2D eigenvalue weighted by molar-refractivity contribution is 5.81. The third-order valence-corrected chi connectivity index (χ3v) is 3.76. The monoisotopic (exact) mass is 279 g/mol. The normalized spacial score (nSPS) is 19.6. The van der Waals surface area contributed by atoms with Crippen molar-refractivity contribution in [2.24, 2.45) is 0 Å². The molecular formula is C15H18FNO3. The van der Waals surface area contributed by atoms with Crippen LogP contribution in [0, 0.1) is 0 Å². The van der Waals surface area contributed by atoms with Crippen LogP contribution >= 0.6 is 0 Å². The Labute approximate surface area is 117 Å². The van der Waals surface area contributed by atoms with E-state index in [9.17, 15) is 19.1 Å². The Hall–Kier alpha value is -1.75. The number of carbonyl (C=O) groups excluding carboxylic acids is 1. The average molecular weight is 279 g/mol. The fourth-order valence-electron chi connectivity index (χ4n) is 2.54. The van der Waals surface area contributed by atoms with Gasteiger partial charge < -0.3 is 5.11 Å². The number of rotatable bonds is 5. The number of alkyl halides is 1. The second kappa shape index (κ2) is 6.13. The van der Waals surface area contributed by atoms with Gasteiger partial charge in [0.1, 0.15) is 17.5 Å². The lowest BCUT2D eigenvalue weighted by Crippen LogP contribution is -2.54. The molecule has 1 unspecified atom stereocenters. The largest absolute Gasteiger partial charge is 0.480 e. The highest BCUT2D eigenvalue weighted by Crippen LogP contribution is 2.33. The van der Waals surface area contributed by atoms with E-state index in [0.29, 0.717) is 0 Å². The van der Waals surface area contributed by atoms with E-state index in [0.717, 1.165) is 5.56 Å². The molecule has 5 heteroatoms. The molecule has 1 aliphatic carbocycles. The quantitative estimate of drug-likeness (QED) is 0.866. The van der Waals surface area contributed by atoms with Gasteiger partial charge in [-0.2, -0.15) is 0 Å². The van der Waals surface area contributed by atoms with Gasteiger partial charge in [-0.3, -0.25) is 14.9 Å². The molecule has 0 spiro atoms. The first kappa shape index (κ1) is 14.7. The van der Waals surface area contributed by atoms with Crippen LogP contribution in [0.15, 0.2) is 30.3 Å². The molecule has 20 heavy (non-hydrogen) atoms. The minimum absolute atomic E-state index is 0.00507. The van der Waals surface area contributed by atoms with Crippen molar-refractivity contribution in [3.63, 3.8) is 0 Å². The molecule has 1 saturated carbocycles. The summed E-state index contributed by atoms with van der Waals surface area (Å²) in [6.07, 6.45) is 0.190. The number of aliphatic carboxylic acids is 1. The molecule has 2 N–H and O–H groups in total. The number of nitrogens with one attached hydrogen (secondary N) is 1. The Morgan fingerprint density at radius 3 is 2.45 bits per heavy atom. The van der Waals surface area contributed by atoms with Crippen molar-refractivity contribution in [1.29, 1.82) is 0 Å². The standard InChI is InChI=1S/C15H18FNO3/c16-15(8-6-12(18)7-9-15)13(14(19)20)17-10-11-4-2-1-3-5-11/h1-5,13,17H,6-10H2,(H,19,20). The fraction of sp³-hybridized carbons (Fsp3) is 0.467.